The number of hydrogen-bond donors (Lipinski definition) is 0. The smallest absolute Gasteiger partial charge is 0.0781 e. The van der Waals surface area contributed by atoms with Gasteiger partial charge in [-0.2, -0.15) is 0 Å². The molecule has 2 nitrogen and oxygen atoms in total. The highest BCUT2D eigenvalue weighted by molar-refractivity contribution is 6.08. The van der Waals surface area contributed by atoms with E-state index < -0.39 is 0 Å². The molecule has 0 bridgehead atoms. The zero-order chi connectivity index (χ0) is 41.0. The van der Waals surface area contributed by atoms with E-state index in [1.807, 2.05) is 0 Å². The van der Waals surface area contributed by atoms with Crippen LogP contribution in [0.1, 0.15) is 0 Å². The molecule has 290 valence electrons. The molecule has 0 spiro atoms. The van der Waals surface area contributed by atoms with Crippen LogP contribution in [0, 0.1) is 0 Å². The monoisotopic (exact) mass is 788 g/mol. The molecule has 0 amide bonds. The molecule has 62 heavy (non-hydrogen) atoms. The molecule has 12 rings (SSSR count). The number of nitrogens with zero attached hydrogens (tertiary/aromatic N) is 2. The van der Waals surface area contributed by atoms with E-state index in [2.05, 4.69) is 252 Å². The first kappa shape index (κ1) is 35.7. The summed E-state index contributed by atoms with van der Waals surface area (Å²) in [7, 11) is 0. The molecule has 0 aliphatic carbocycles. The second-order valence-corrected chi connectivity index (χ2v) is 16.2. The van der Waals surface area contributed by atoms with Crippen molar-refractivity contribution in [3.05, 3.63) is 243 Å². The van der Waals surface area contributed by atoms with Crippen LogP contribution in [0.2, 0.25) is 0 Å². The fraction of sp³-hybridized carbons (Fsp3) is 0. The van der Waals surface area contributed by atoms with E-state index in [9.17, 15) is 0 Å². The molecule has 0 N–H and O–H groups in total. The molecule has 0 aliphatic heterocycles. The molecule has 0 aliphatic rings. The minimum absolute atomic E-state index is 1.07. The molecule has 0 radical (unpaired) electrons. The third-order valence-corrected chi connectivity index (χ3v) is 12.4. The molecule has 0 heterocycles. The van der Waals surface area contributed by atoms with Crippen molar-refractivity contribution >= 4 is 98.8 Å². The summed E-state index contributed by atoms with van der Waals surface area (Å²) in [6.45, 7) is 0. The number of hydrogen-bond acceptors (Lipinski definition) is 2. The van der Waals surface area contributed by atoms with Crippen LogP contribution in [0.4, 0.5) is 34.1 Å². The number of fused-ring (bicyclic) bond motifs is 6. The molecular weight excluding hydrogens is 749 g/mol. The predicted molar refractivity (Wildman–Crippen MR) is 266 cm³/mol. The van der Waals surface area contributed by atoms with Gasteiger partial charge in [-0.05, 0) is 173 Å². The van der Waals surface area contributed by atoms with E-state index in [0.29, 0.717) is 0 Å². The Labute approximate surface area is 360 Å². The zero-order valence-electron chi connectivity index (χ0n) is 34.0. The van der Waals surface area contributed by atoms with Gasteiger partial charge in [0.25, 0.3) is 0 Å². The molecule has 12 aromatic rings. The van der Waals surface area contributed by atoms with E-state index in [1.165, 1.54) is 64.6 Å². The van der Waals surface area contributed by atoms with Gasteiger partial charge in [0.05, 0.1) is 11.4 Å². The lowest BCUT2D eigenvalue weighted by molar-refractivity contribution is 1.23. The third-order valence-electron chi connectivity index (χ3n) is 12.4. The summed E-state index contributed by atoms with van der Waals surface area (Å²) in [5.74, 6) is 0. The molecule has 0 unspecified atom stereocenters. The quantitative estimate of drug-likeness (QED) is 0.148. The Kier molecular flexibility index (Phi) is 8.53. The third kappa shape index (κ3) is 6.29. The summed E-state index contributed by atoms with van der Waals surface area (Å²) in [4.78, 5) is 4.89. The highest BCUT2D eigenvalue weighted by Crippen LogP contribution is 2.51. The molecule has 12 aromatic carbocycles. The lowest BCUT2D eigenvalue weighted by Gasteiger charge is -2.35. The van der Waals surface area contributed by atoms with Crippen molar-refractivity contribution in [1.82, 2.24) is 0 Å². The maximum atomic E-state index is 2.46. The molecule has 0 saturated carbocycles. The summed E-state index contributed by atoms with van der Waals surface area (Å²) < 4.78 is 0. The van der Waals surface area contributed by atoms with Gasteiger partial charge in [0.2, 0.25) is 0 Å². The van der Waals surface area contributed by atoms with Gasteiger partial charge >= 0.3 is 0 Å². The maximum Gasteiger partial charge on any atom is 0.0781 e. The molecule has 2 heteroatoms. The van der Waals surface area contributed by atoms with Crippen molar-refractivity contribution in [1.29, 1.82) is 0 Å². The van der Waals surface area contributed by atoms with Crippen molar-refractivity contribution in [2.24, 2.45) is 0 Å². The molecule has 0 atom stereocenters. The van der Waals surface area contributed by atoms with E-state index in [4.69, 9.17) is 0 Å². The number of para-hydroxylation sites is 3. The van der Waals surface area contributed by atoms with Gasteiger partial charge in [0.1, 0.15) is 0 Å². The normalized spacial score (nSPS) is 11.5. The van der Waals surface area contributed by atoms with E-state index in [-0.39, 0.29) is 0 Å². The second kappa shape index (κ2) is 14.8. The van der Waals surface area contributed by atoms with Gasteiger partial charge in [-0.25, -0.2) is 0 Å². The lowest BCUT2D eigenvalue weighted by Crippen LogP contribution is -2.18. The van der Waals surface area contributed by atoms with Crippen LogP contribution in [0.5, 0.6) is 0 Å². The molecule has 0 aromatic heterocycles. The summed E-state index contributed by atoms with van der Waals surface area (Å²) in [5, 5.41) is 14.8. The largest absolute Gasteiger partial charge is 0.308 e. The Morgan fingerprint density at radius 3 is 1.03 bits per heavy atom. The van der Waals surface area contributed by atoms with Gasteiger partial charge < -0.3 is 9.80 Å². The Hall–Kier alpha value is -8.20. The molecule has 0 saturated heterocycles. The van der Waals surface area contributed by atoms with E-state index in [0.717, 1.165) is 45.3 Å². The Morgan fingerprint density at radius 1 is 0.210 bits per heavy atom. The summed E-state index contributed by atoms with van der Waals surface area (Å²) in [5.41, 5.74) is 8.76. The van der Waals surface area contributed by atoms with Crippen molar-refractivity contribution in [3.8, 4) is 11.1 Å². The zero-order valence-corrected chi connectivity index (χ0v) is 34.0. The first-order chi connectivity index (χ1) is 30.7. The minimum atomic E-state index is 1.07. The predicted octanol–water partition coefficient (Wildman–Crippen LogP) is 17.2. The lowest BCUT2D eigenvalue weighted by atomic mass is 9.97. The fourth-order valence-electron chi connectivity index (χ4n) is 9.42. The number of rotatable bonds is 7. The van der Waals surface area contributed by atoms with Gasteiger partial charge in [-0.3, -0.25) is 0 Å². The Balaban J connectivity index is 1.11. The topological polar surface area (TPSA) is 6.48 Å². The number of benzene rings is 12. The van der Waals surface area contributed by atoms with Crippen LogP contribution < -0.4 is 9.80 Å². The maximum absolute atomic E-state index is 2.46. The number of anilines is 6. The van der Waals surface area contributed by atoms with Crippen molar-refractivity contribution < 1.29 is 0 Å². The first-order valence-corrected chi connectivity index (χ1v) is 21.3. The van der Waals surface area contributed by atoms with Crippen LogP contribution in [-0.4, -0.2) is 0 Å². The van der Waals surface area contributed by atoms with E-state index >= 15 is 0 Å². The van der Waals surface area contributed by atoms with Gasteiger partial charge in [0, 0.05) is 28.3 Å². The van der Waals surface area contributed by atoms with Crippen LogP contribution in [-0.2, 0) is 0 Å². The summed E-state index contributed by atoms with van der Waals surface area (Å²) >= 11 is 0. The van der Waals surface area contributed by atoms with Crippen LogP contribution in [0.3, 0.4) is 0 Å². The Morgan fingerprint density at radius 2 is 0.565 bits per heavy atom. The summed E-state index contributed by atoms with van der Waals surface area (Å²) in [6, 6.07) is 88.9. The van der Waals surface area contributed by atoms with Crippen molar-refractivity contribution in [3.63, 3.8) is 0 Å². The van der Waals surface area contributed by atoms with Gasteiger partial charge in [-0.1, -0.05) is 140 Å². The standard InChI is InChI=1S/C60H40N2/c1-4-15-41(16-5-1)58-25-14-26-59(61(54-21-6-2-7-22-54)56-29-27-46-35-48-31-42-17-10-12-19-44(42)33-50(48)37-52(46)39-56)60(58)62(55-23-8-3-9-24-55)57-30-28-47-36-49-32-43-18-11-13-20-45(43)34-51(49)38-53(47)40-57/h1-40H. The van der Waals surface area contributed by atoms with Crippen LogP contribution >= 0.6 is 0 Å². The molecular formula is C60H40N2. The minimum Gasteiger partial charge on any atom is -0.308 e. The summed E-state index contributed by atoms with van der Waals surface area (Å²) in [6.07, 6.45) is 0. The fourth-order valence-corrected chi connectivity index (χ4v) is 9.42. The van der Waals surface area contributed by atoms with Gasteiger partial charge in [-0.15, -0.1) is 0 Å². The van der Waals surface area contributed by atoms with Gasteiger partial charge in [0.15, 0.2) is 0 Å². The van der Waals surface area contributed by atoms with Crippen LogP contribution in [0.25, 0.3) is 75.8 Å². The van der Waals surface area contributed by atoms with Crippen molar-refractivity contribution in [2.75, 3.05) is 9.80 Å². The van der Waals surface area contributed by atoms with E-state index in [1.54, 1.807) is 0 Å². The first-order valence-electron chi connectivity index (χ1n) is 21.3. The van der Waals surface area contributed by atoms with Crippen LogP contribution in [0.15, 0.2) is 243 Å². The Bertz CT molecular complexity index is 3640. The average molecular weight is 789 g/mol. The SMILES string of the molecule is c1ccc(-c2cccc(N(c3ccccc3)c3ccc4cc5cc6ccccc6cc5cc4c3)c2N(c2ccccc2)c2ccc3cc4cc5ccccc5cc4cc3c2)cc1. The highest BCUT2D eigenvalue weighted by atomic mass is 15.2. The highest BCUT2D eigenvalue weighted by Gasteiger charge is 2.26. The average Bonchev–Trinajstić information content (AvgIpc) is 3.33. The van der Waals surface area contributed by atoms with Crippen molar-refractivity contribution in [2.45, 2.75) is 0 Å². The molecule has 0 fully saturated rings. The second-order valence-electron chi connectivity index (χ2n) is 16.2.